The van der Waals surface area contributed by atoms with Crippen LogP contribution in [0.2, 0.25) is 5.02 Å². The lowest BCUT2D eigenvalue weighted by Gasteiger charge is -2.41. The minimum absolute atomic E-state index is 0.0518. The number of carbonyl (C=O) groups is 2. The number of hydrogen-bond acceptors (Lipinski definition) is 6. The van der Waals surface area contributed by atoms with E-state index in [2.05, 4.69) is 58.3 Å². The van der Waals surface area contributed by atoms with Gasteiger partial charge in [-0.05, 0) is 43.3 Å². The van der Waals surface area contributed by atoms with Gasteiger partial charge in [0.1, 0.15) is 6.04 Å². The smallest absolute Gasteiger partial charge is 0.245 e. The lowest BCUT2D eigenvalue weighted by molar-refractivity contribution is -0.136. The minimum Gasteiger partial charge on any atom is -0.368 e. The average molecular weight is 541 g/mol. The van der Waals surface area contributed by atoms with E-state index in [1.54, 1.807) is 12.1 Å². The molecule has 0 aliphatic carbocycles. The molecule has 0 spiro atoms. The van der Waals surface area contributed by atoms with Crippen molar-refractivity contribution in [2.45, 2.75) is 31.8 Å². The van der Waals surface area contributed by atoms with Gasteiger partial charge in [0.05, 0.1) is 0 Å². The van der Waals surface area contributed by atoms with Gasteiger partial charge in [0.25, 0.3) is 0 Å². The molecule has 2 atom stereocenters. The summed E-state index contributed by atoms with van der Waals surface area (Å²) in [7, 11) is 2.18. The minimum atomic E-state index is -0.633. The third kappa shape index (κ3) is 7.26. The summed E-state index contributed by atoms with van der Waals surface area (Å²) in [6, 6.07) is 15.8. The summed E-state index contributed by atoms with van der Waals surface area (Å²) >= 11 is 6.03. The van der Waals surface area contributed by atoms with Crippen molar-refractivity contribution >= 4 is 29.1 Å². The van der Waals surface area contributed by atoms with Gasteiger partial charge in [0, 0.05) is 88.5 Å². The Hall–Kier alpha value is -2.65. The third-order valence-corrected chi connectivity index (χ3v) is 8.01. The highest BCUT2D eigenvalue weighted by Gasteiger charge is 2.30. The van der Waals surface area contributed by atoms with Gasteiger partial charge in [-0.3, -0.25) is 14.5 Å². The highest BCUT2D eigenvalue weighted by atomic mass is 35.5. The molecule has 3 N–H and O–H groups in total. The van der Waals surface area contributed by atoms with Gasteiger partial charge in [-0.2, -0.15) is 0 Å². The number of benzene rings is 2. The molecule has 2 fully saturated rings. The van der Waals surface area contributed by atoms with E-state index in [1.807, 2.05) is 17.0 Å². The van der Waals surface area contributed by atoms with Crippen molar-refractivity contribution in [1.82, 2.24) is 20.0 Å². The van der Waals surface area contributed by atoms with E-state index < -0.39 is 6.04 Å². The van der Waals surface area contributed by atoms with Crippen LogP contribution in [0.5, 0.6) is 0 Å². The van der Waals surface area contributed by atoms with Crippen molar-refractivity contribution in [3.8, 4) is 0 Å². The average Bonchev–Trinajstić information content (AvgIpc) is 2.94. The first-order valence-electron chi connectivity index (χ1n) is 13.6. The molecular formula is C29H41ClN6O2. The lowest BCUT2D eigenvalue weighted by Crippen LogP contribution is -2.56. The molecule has 0 bridgehead atoms. The highest BCUT2D eigenvalue weighted by Crippen LogP contribution is 2.31. The SMILES string of the molecule is CC(c1ccccc1N1CCN(C(=O)[C@@H](Cc2ccc(Cl)cc2)NC(=O)CCN)CC1)N1CCN(C)CC1. The summed E-state index contributed by atoms with van der Waals surface area (Å²) in [6.07, 6.45) is 0.609. The molecule has 206 valence electrons. The van der Waals surface area contributed by atoms with Crippen LogP contribution in [-0.2, 0) is 16.0 Å². The number of halogens is 1. The Kier molecular flexibility index (Phi) is 10.0. The topological polar surface area (TPSA) is 85.1 Å². The molecule has 2 saturated heterocycles. The van der Waals surface area contributed by atoms with Crippen LogP contribution in [0, 0.1) is 0 Å². The molecule has 8 nitrogen and oxygen atoms in total. The second-order valence-corrected chi connectivity index (χ2v) is 10.8. The van der Waals surface area contributed by atoms with Gasteiger partial charge in [-0.1, -0.05) is 41.9 Å². The summed E-state index contributed by atoms with van der Waals surface area (Å²) in [5.41, 5.74) is 9.11. The summed E-state index contributed by atoms with van der Waals surface area (Å²) in [5.74, 6) is -0.255. The number of nitrogens with two attached hydrogens (primary N) is 1. The second kappa shape index (κ2) is 13.4. The molecule has 2 aliphatic rings. The Balaban J connectivity index is 1.42. The van der Waals surface area contributed by atoms with Gasteiger partial charge in [-0.15, -0.1) is 0 Å². The number of piperazine rings is 2. The molecule has 0 aromatic heterocycles. The van der Waals surface area contributed by atoms with Crippen molar-refractivity contribution in [3.05, 3.63) is 64.7 Å². The Labute approximate surface area is 231 Å². The largest absolute Gasteiger partial charge is 0.368 e. The van der Waals surface area contributed by atoms with Crippen LogP contribution in [0.4, 0.5) is 5.69 Å². The fourth-order valence-electron chi connectivity index (χ4n) is 5.38. The summed E-state index contributed by atoms with van der Waals surface area (Å²) in [4.78, 5) is 35.2. The van der Waals surface area contributed by atoms with Crippen LogP contribution >= 0.6 is 11.6 Å². The number of anilines is 1. The van der Waals surface area contributed by atoms with Crippen molar-refractivity contribution < 1.29 is 9.59 Å². The zero-order valence-electron chi connectivity index (χ0n) is 22.6. The van der Waals surface area contributed by atoms with Crippen LogP contribution < -0.4 is 16.0 Å². The zero-order chi connectivity index (χ0) is 27.1. The van der Waals surface area contributed by atoms with Crippen molar-refractivity contribution in [2.75, 3.05) is 70.9 Å². The molecular weight excluding hydrogens is 500 g/mol. The Morgan fingerprint density at radius 1 is 0.947 bits per heavy atom. The number of rotatable bonds is 9. The molecule has 2 aliphatic heterocycles. The third-order valence-electron chi connectivity index (χ3n) is 7.76. The van der Waals surface area contributed by atoms with E-state index in [1.165, 1.54) is 11.3 Å². The summed E-state index contributed by atoms with van der Waals surface area (Å²) in [6.45, 7) is 9.59. The lowest BCUT2D eigenvalue weighted by atomic mass is 10.0. The number of carbonyl (C=O) groups excluding carboxylic acids is 2. The normalized spacial score (nSPS) is 18.7. The van der Waals surface area contributed by atoms with Gasteiger partial charge >= 0.3 is 0 Å². The van der Waals surface area contributed by atoms with Gasteiger partial charge in [0.2, 0.25) is 11.8 Å². The van der Waals surface area contributed by atoms with Crippen molar-refractivity contribution in [3.63, 3.8) is 0 Å². The summed E-state index contributed by atoms with van der Waals surface area (Å²) in [5, 5.41) is 3.56. The van der Waals surface area contributed by atoms with E-state index in [0.717, 1.165) is 44.8 Å². The van der Waals surface area contributed by atoms with E-state index in [4.69, 9.17) is 17.3 Å². The number of hydrogen-bond donors (Lipinski definition) is 2. The number of nitrogens with zero attached hydrogens (tertiary/aromatic N) is 4. The quantitative estimate of drug-likeness (QED) is 0.508. The van der Waals surface area contributed by atoms with Crippen LogP contribution in [0.15, 0.2) is 48.5 Å². The molecule has 0 saturated carbocycles. The van der Waals surface area contributed by atoms with Gasteiger partial charge in [0.15, 0.2) is 0 Å². The first-order valence-corrected chi connectivity index (χ1v) is 14.0. The van der Waals surface area contributed by atoms with E-state index in [0.29, 0.717) is 30.6 Å². The standard InChI is InChI=1S/C29H41ClN6O2/c1-22(34-15-13-33(2)14-16-34)25-5-3-4-6-27(25)35-17-19-36(20-18-35)29(38)26(32-28(37)11-12-31)21-23-7-9-24(30)10-8-23/h3-10,22,26H,11-21,31H2,1-2H3,(H,32,37)/t22?,26-/m1/s1. The Morgan fingerprint density at radius 2 is 1.61 bits per heavy atom. The monoisotopic (exact) mass is 540 g/mol. The first-order chi connectivity index (χ1) is 18.4. The molecule has 2 aromatic carbocycles. The highest BCUT2D eigenvalue weighted by molar-refractivity contribution is 6.30. The van der Waals surface area contributed by atoms with Crippen LogP contribution in [0.3, 0.4) is 0 Å². The maximum Gasteiger partial charge on any atom is 0.245 e. The van der Waals surface area contributed by atoms with E-state index >= 15 is 0 Å². The predicted octanol–water partition coefficient (Wildman–Crippen LogP) is 2.37. The Morgan fingerprint density at radius 3 is 2.26 bits per heavy atom. The summed E-state index contributed by atoms with van der Waals surface area (Å²) < 4.78 is 0. The van der Waals surface area contributed by atoms with E-state index in [9.17, 15) is 9.59 Å². The predicted molar refractivity (Wildman–Crippen MR) is 153 cm³/mol. The maximum absolute atomic E-state index is 13.6. The molecule has 4 rings (SSSR count). The molecule has 1 unspecified atom stereocenters. The Bertz CT molecular complexity index is 1060. The molecule has 2 aromatic rings. The number of nitrogens with one attached hydrogen (secondary N) is 1. The number of likely N-dealkylation sites (N-methyl/N-ethyl adjacent to an activating group) is 1. The molecule has 2 heterocycles. The van der Waals surface area contributed by atoms with Crippen molar-refractivity contribution in [1.29, 1.82) is 0 Å². The number of para-hydroxylation sites is 1. The van der Waals surface area contributed by atoms with Gasteiger partial charge < -0.3 is 25.8 Å². The fourth-order valence-corrected chi connectivity index (χ4v) is 5.50. The molecule has 9 heteroatoms. The van der Waals surface area contributed by atoms with Crippen LogP contribution in [0.25, 0.3) is 0 Å². The van der Waals surface area contributed by atoms with Crippen LogP contribution in [-0.4, -0.2) is 98.5 Å². The van der Waals surface area contributed by atoms with E-state index in [-0.39, 0.29) is 24.8 Å². The fraction of sp³-hybridized carbons (Fsp3) is 0.517. The molecule has 0 radical (unpaired) electrons. The molecule has 38 heavy (non-hydrogen) atoms. The van der Waals surface area contributed by atoms with Crippen LogP contribution in [0.1, 0.15) is 30.5 Å². The maximum atomic E-state index is 13.6. The molecule has 2 amide bonds. The zero-order valence-corrected chi connectivity index (χ0v) is 23.4. The van der Waals surface area contributed by atoms with Crippen molar-refractivity contribution in [2.24, 2.45) is 5.73 Å². The number of amides is 2. The first kappa shape index (κ1) is 28.4. The van der Waals surface area contributed by atoms with Gasteiger partial charge in [-0.25, -0.2) is 0 Å². The second-order valence-electron chi connectivity index (χ2n) is 10.4.